The molecule has 2 aromatic carbocycles. The number of carbonyl (C=O) groups is 2. The molecule has 2 aromatic rings. The van der Waals surface area contributed by atoms with Gasteiger partial charge in [0, 0.05) is 0 Å². The van der Waals surface area contributed by atoms with Crippen molar-refractivity contribution in [1.82, 2.24) is 0 Å². The summed E-state index contributed by atoms with van der Waals surface area (Å²) in [4.78, 5) is 25.3. The quantitative estimate of drug-likeness (QED) is 0.483. The number of rotatable bonds is 5. The second kappa shape index (κ2) is 9.85. The lowest BCUT2D eigenvalue weighted by Crippen LogP contribution is -2.41. The Hall–Kier alpha value is -2.38. The lowest BCUT2D eigenvalue weighted by molar-refractivity contribution is 0.0444. The highest BCUT2D eigenvalue weighted by Gasteiger charge is 2.36. The Kier molecular flexibility index (Phi) is 7.54. The van der Waals surface area contributed by atoms with Crippen LogP contribution in [0, 0.1) is 23.0 Å². The van der Waals surface area contributed by atoms with Crippen molar-refractivity contribution in [3.8, 4) is 5.75 Å². The molecule has 178 valence electrons. The van der Waals surface area contributed by atoms with Gasteiger partial charge in [0.25, 0.3) is 5.91 Å². The standard InChI is InChI=1S/C24H26Cl2F2N2O3/c1-13(2)24(3)9-5-6-15(12-24)33-21-16(25)10-14(11-17(21)26)30(23(29)32)22(31)20-18(27)7-4-8-19(20)28/h4,7-8,10-11,13,15H,5-6,9,12H2,1-3H3,(H2,29,32). The van der Waals surface area contributed by atoms with Gasteiger partial charge in [-0.2, -0.15) is 0 Å². The molecule has 0 spiro atoms. The fourth-order valence-corrected chi connectivity index (χ4v) is 4.76. The van der Waals surface area contributed by atoms with Crippen LogP contribution in [0.3, 0.4) is 0 Å². The zero-order valence-electron chi connectivity index (χ0n) is 18.6. The third-order valence-corrected chi connectivity index (χ3v) is 7.05. The molecule has 0 aromatic heterocycles. The molecule has 2 unspecified atom stereocenters. The molecule has 1 aliphatic carbocycles. The summed E-state index contributed by atoms with van der Waals surface area (Å²) in [5, 5.41) is 0.0877. The number of carbonyl (C=O) groups excluding carboxylic acids is 2. The van der Waals surface area contributed by atoms with Gasteiger partial charge in [-0.15, -0.1) is 0 Å². The van der Waals surface area contributed by atoms with Gasteiger partial charge in [-0.25, -0.2) is 18.5 Å². The van der Waals surface area contributed by atoms with E-state index >= 15 is 0 Å². The fourth-order valence-electron chi connectivity index (χ4n) is 4.20. The Labute approximate surface area is 201 Å². The average Bonchev–Trinajstić information content (AvgIpc) is 2.70. The molecule has 0 bridgehead atoms. The van der Waals surface area contributed by atoms with Crippen molar-refractivity contribution in [3.63, 3.8) is 0 Å². The zero-order valence-corrected chi connectivity index (χ0v) is 20.1. The van der Waals surface area contributed by atoms with Gasteiger partial charge in [0.1, 0.15) is 17.2 Å². The molecule has 9 heteroatoms. The van der Waals surface area contributed by atoms with Gasteiger partial charge in [0.2, 0.25) is 0 Å². The van der Waals surface area contributed by atoms with E-state index in [1.165, 1.54) is 12.1 Å². The smallest absolute Gasteiger partial charge is 0.326 e. The molecule has 3 amide bonds. The fraction of sp³-hybridized carbons (Fsp3) is 0.417. The van der Waals surface area contributed by atoms with Crippen LogP contribution in [-0.2, 0) is 0 Å². The third kappa shape index (κ3) is 5.25. The number of nitrogens with zero attached hydrogens (tertiary/aromatic N) is 1. The summed E-state index contributed by atoms with van der Waals surface area (Å²) in [5.41, 5.74) is 4.43. The minimum atomic E-state index is -1.28. The predicted molar refractivity (Wildman–Crippen MR) is 125 cm³/mol. The summed E-state index contributed by atoms with van der Waals surface area (Å²) in [6, 6.07) is 4.18. The molecule has 3 rings (SSSR count). The Balaban J connectivity index is 1.92. The van der Waals surface area contributed by atoms with Gasteiger partial charge in [-0.1, -0.05) is 50.0 Å². The first kappa shape index (κ1) is 25.2. The molecule has 0 radical (unpaired) electrons. The topological polar surface area (TPSA) is 72.6 Å². The maximum Gasteiger partial charge on any atom is 0.326 e. The summed E-state index contributed by atoms with van der Waals surface area (Å²) < 4.78 is 34.4. The van der Waals surface area contributed by atoms with Crippen molar-refractivity contribution < 1.29 is 23.1 Å². The molecule has 1 fully saturated rings. The number of hydrogen-bond acceptors (Lipinski definition) is 3. The van der Waals surface area contributed by atoms with Gasteiger partial charge in [0.05, 0.1) is 21.8 Å². The molecule has 2 N–H and O–H groups in total. The van der Waals surface area contributed by atoms with E-state index in [1.54, 1.807) is 0 Å². The molecule has 1 saturated carbocycles. The third-order valence-electron chi connectivity index (χ3n) is 6.49. The first-order valence-electron chi connectivity index (χ1n) is 10.7. The van der Waals surface area contributed by atoms with Crippen molar-refractivity contribution in [3.05, 3.63) is 57.6 Å². The van der Waals surface area contributed by atoms with Gasteiger partial charge < -0.3 is 10.5 Å². The second-order valence-electron chi connectivity index (χ2n) is 8.96. The summed E-state index contributed by atoms with van der Waals surface area (Å²) in [5.74, 6) is -2.85. The highest BCUT2D eigenvalue weighted by atomic mass is 35.5. The zero-order chi connectivity index (χ0) is 24.5. The predicted octanol–water partition coefficient (Wildman–Crippen LogP) is 6.98. The average molecular weight is 499 g/mol. The van der Waals surface area contributed by atoms with Crippen LogP contribution in [-0.4, -0.2) is 18.0 Å². The van der Waals surface area contributed by atoms with Crippen LogP contribution in [0.25, 0.3) is 0 Å². The Morgan fingerprint density at radius 1 is 1.18 bits per heavy atom. The van der Waals surface area contributed by atoms with Crippen molar-refractivity contribution >= 4 is 40.8 Å². The van der Waals surface area contributed by atoms with E-state index in [0.717, 1.165) is 43.9 Å². The molecule has 0 heterocycles. The number of benzene rings is 2. The summed E-state index contributed by atoms with van der Waals surface area (Å²) in [6.45, 7) is 6.60. The lowest BCUT2D eigenvalue weighted by atomic mass is 9.67. The Morgan fingerprint density at radius 2 is 1.76 bits per heavy atom. The van der Waals surface area contributed by atoms with E-state index < -0.39 is 29.1 Å². The number of halogens is 4. The highest BCUT2D eigenvalue weighted by Crippen LogP contribution is 2.45. The number of amides is 3. The normalized spacial score (nSPS) is 20.5. The molecule has 1 aliphatic rings. The number of primary amides is 1. The number of urea groups is 1. The van der Waals surface area contributed by atoms with Crippen LogP contribution in [0.5, 0.6) is 5.75 Å². The summed E-state index contributed by atoms with van der Waals surface area (Å²) >= 11 is 12.8. The van der Waals surface area contributed by atoms with E-state index in [0.29, 0.717) is 10.8 Å². The SMILES string of the molecule is CC(C)C1(C)CCCC(Oc2c(Cl)cc(N(C(N)=O)C(=O)c3c(F)cccc3F)cc2Cl)C1. The van der Waals surface area contributed by atoms with E-state index in [2.05, 4.69) is 20.8 Å². The lowest BCUT2D eigenvalue weighted by Gasteiger charge is -2.41. The van der Waals surface area contributed by atoms with E-state index in [-0.39, 0.29) is 33.0 Å². The van der Waals surface area contributed by atoms with E-state index in [4.69, 9.17) is 33.7 Å². The van der Waals surface area contributed by atoms with Gasteiger partial charge in [-0.3, -0.25) is 4.79 Å². The number of nitrogens with two attached hydrogens (primary N) is 1. The largest absolute Gasteiger partial charge is 0.487 e. The molecule has 33 heavy (non-hydrogen) atoms. The van der Waals surface area contributed by atoms with Crippen LogP contribution in [0.4, 0.5) is 19.3 Å². The number of anilines is 1. The van der Waals surface area contributed by atoms with Gasteiger partial charge in [0.15, 0.2) is 5.75 Å². The summed E-state index contributed by atoms with van der Waals surface area (Å²) in [7, 11) is 0. The van der Waals surface area contributed by atoms with Gasteiger partial charge in [-0.05, 0) is 61.3 Å². The Bertz CT molecular complexity index is 1040. The van der Waals surface area contributed by atoms with Gasteiger partial charge >= 0.3 is 6.03 Å². The maximum atomic E-state index is 14.1. The molecular weight excluding hydrogens is 473 g/mol. The van der Waals surface area contributed by atoms with Crippen LogP contribution in [0.15, 0.2) is 30.3 Å². The van der Waals surface area contributed by atoms with E-state index in [1.807, 2.05) is 0 Å². The Morgan fingerprint density at radius 3 is 2.27 bits per heavy atom. The van der Waals surface area contributed by atoms with Crippen molar-refractivity contribution in [2.45, 2.75) is 52.6 Å². The molecule has 0 aliphatic heterocycles. The van der Waals surface area contributed by atoms with Crippen molar-refractivity contribution in [2.75, 3.05) is 4.90 Å². The van der Waals surface area contributed by atoms with Crippen molar-refractivity contribution in [2.24, 2.45) is 17.1 Å². The minimum Gasteiger partial charge on any atom is -0.487 e. The second-order valence-corrected chi connectivity index (χ2v) is 9.77. The molecule has 0 saturated heterocycles. The monoisotopic (exact) mass is 498 g/mol. The molecular formula is C24H26Cl2F2N2O3. The van der Waals surface area contributed by atoms with Crippen LogP contribution >= 0.6 is 23.2 Å². The maximum absolute atomic E-state index is 14.1. The van der Waals surface area contributed by atoms with Crippen LogP contribution < -0.4 is 15.4 Å². The summed E-state index contributed by atoms with van der Waals surface area (Å²) in [6.07, 6.45) is 3.68. The highest BCUT2D eigenvalue weighted by molar-refractivity contribution is 6.38. The minimum absolute atomic E-state index is 0.0439. The number of imide groups is 1. The number of ether oxygens (including phenoxy) is 1. The van der Waals surface area contributed by atoms with Crippen LogP contribution in [0.1, 0.15) is 56.8 Å². The van der Waals surface area contributed by atoms with Crippen LogP contribution in [0.2, 0.25) is 10.0 Å². The number of hydrogen-bond donors (Lipinski definition) is 1. The molecule has 5 nitrogen and oxygen atoms in total. The van der Waals surface area contributed by atoms with Crippen molar-refractivity contribution in [1.29, 1.82) is 0 Å². The first-order valence-corrected chi connectivity index (χ1v) is 11.4. The first-order chi connectivity index (χ1) is 15.4. The molecule has 2 atom stereocenters. The van der Waals surface area contributed by atoms with E-state index in [9.17, 15) is 18.4 Å².